The summed E-state index contributed by atoms with van der Waals surface area (Å²) in [5, 5.41) is 3.00. The van der Waals surface area contributed by atoms with Gasteiger partial charge in [0, 0.05) is 18.3 Å². The van der Waals surface area contributed by atoms with Crippen molar-refractivity contribution in [3.63, 3.8) is 0 Å². The summed E-state index contributed by atoms with van der Waals surface area (Å²) in [5.74, 6) is -0.0823. The van der Waals surface area contributed by atoms with Gasteiger partial charge >= 0.3 is 0 Å². The smallest absolute Gasteiger partial charge is 0.270 e. The van der Waals surface area contributed by atoms with Crippen molar-refractivity contribution in [1.82, 2.24) is 10.3 Å². The fourth-order valence-corrected chi connectivity index (χ4v) is 2.02. The molecule has 0 unspecified atom stereocenters. The van der Waals surface area contributed by atoms with E-state index in [-0.39, 0.29) is 11.9 Å². The molecule has 1 fully saturated rings. The average molecular weight is 219 g/mol. The molecule has 1 aromatic rings. The van der Waals surface area contributed by atoms with Crippen molar-refractivity contribution in [3.8, 4) is 0 Å². The van der Waals surface area contributed by atoms with Gasteiger partial charge in [0.1, 0.15) is 5.69 Å². The number of rotatable bonds is 2. The molecular formula is C12H17N3O. The van der Waals surface area contributed by atoms with Gasteiger partial charge in [0.15, 0.2) is 0 Å². The van der Waals surface area contributed by atoms with Gasteiger partial charge in [0.05, 0.1) is 0 Å². The number of pyridine rings is 1. The molecule has 1 amide bonds. The highest BCUT2D eigenvalue weighted by atomic mass is 16.1. The van der Waals surface area contributed by atoms with Crippen molar-refractivity contribution in [2.24, 2.45) is 5.73 Å². The number of hydrogen-bond acceptors (Lipinski definition) is 3. The topological polar surface area (TPSA) is 68.0 Å². The average Bonchev–Trinajstić information content (AvgIpc) is 2.33. The molecule has 1 heterocycles. The molecule has 4 nitrogen and oxygen atoms in total. The van der Waals surface area contributed by atoms with Crippen LogP contribution in [-0.4, -0.2) is 23.0 Å². The maximum atomic E-state index is 11.8. The van der Waals surface area contributed by atoms with Gasteiger partial charge in [0.2, 0.25) is 0 Å². The van der Waals surface area contributed by atoms with Gasteiger partial charge < -0.3 is 11.1 Å². The van der Waals surface area contributed by atoms with Gasteiger partial charge in [-0.1, -0.05) is 6.07 Å². The number of nitrogens with zero attached hydrogens (tertiary/aromatic N) is 1. The van der Waals surface area contributed by atoms with Crippen molar-refractivity contribution < 1.29 is 4.79 Å². The lowest BCUT2D eigenvalue weighted by Gasteiger charge is -2.26. The highest BCUT2D eigenvalue weighted by Crippen LogP contribution is 2.17. The van der Waals surface area contributed by atoms with E-state index in [1.807, 2.05) is 6.07 Å². The summed E-state index contributed by atoms with van der Waals surface area (Å²) in [6.07, 6.45) is 5.56. The van der Waals surface area contributed by atoms with Gasteiger partial charge in [-0.25, -0.2) is 0 Å². The minimum Gasteiger partial charge on any atom is -0.348 e. The number of hydrogen-bond donors (Lipinski definition) is 2. The first-order valence-electron chi connectivity index (χ1n) is 5.73. The van der Waals surface area contributed by atoms with E-state index < -0.39 is 0 Å². The summed E-state index contributed by atoms with van der Waals surface area (Å²) in [4.78, 5) is 15.8. The molecular weight excluding hydrogens is 202 g/mol. The summed E-state index contributed by atoms with van der Waals surface area (Å²) in [6, 6.07) is 5.91. The van der Waals surface area contributed by atoms with Crippen molar-refractivity contribution in [2.45, 2.75) is 37.8 Å². The Bertz CT molecular complexity index is 345. The number of carbonyl (C=O) groups excluding carboxylic acids is 1. The zero-order valence-corrected chi connectivity index (χ0v) is 9.23. The van der Waals surface area contributed by atoms with Crippen LogP contribution in [0.5, 0.6) is 0 Å². The predicted octanol–water partition coefficient (Wildman–Crippen LogP) is 1.08. The summed E-state index contributed by atoms with van der Waals surface area (Å²) in [7, 11) is 0. The number of nitrogens with one attached hydrogen (secondary N) is 1. The Labute approximate surface area is 95.3 Å². The first-order chi connectivity index (χ1) is 7.75. The fraction of sp³-hybridized carbons (Fsp3) is 0.500. The maximum absolute atomic E-state index is 11.8. The monoisotopic (exact) mass is 219 g/mol. The van der Waals surface area contributed by atoms with Crippen LogP contribution < -0.4 is 11.1 Å². The zero-order valence-electron chi connectivity index (χ0n) is 9.23. The Balaban J connectivity index is 1.88. The van der Waals surface area contributed by atoms with E-state index in [2.05, 4.69) is 10.3 Å². The molecule has 16 heavy (non-hydrogen) atoms. The van der Waals surface area contributed by atoms with E-state index in [0.717, 1.165) is 25.7 Å². The Morgan fingerprint density at radius 1 is 1.31 bits per heavy atom. The molecule has 1 saturated carbocycles. The summed E-state index contributed by atoms with van der Waals surface area (Å²) in [6.45, 7) is 0. The van der Waals surface area contributed by atoms with Crippen LogP contribution in [0.25, 0.3) is 0 Å². The van der Waals surface area contributed by atoms with Crippen LogP contribution in [0, 0.1) is 0 Å². The van der Waals surface area contributed by atoms with E-state index >= 15 is 0 Å². The van der Waals surface area contributed by atoms with Crippen LogP contribution in [0.2, 0.25) is 0 Å². The predicted molar refractivity (Wildman–Crippen MR) is 61.9 cm³/mol. The quantitative estimate of drug-likeness (QED) is 0.782. The Morgan fingerprint density at radius 3 is 2.69 bits per heavy atom. The molecule has 4 heteroatoms. The SMILES string of the molecule is N[C@H]1CC[C@H](NC(=O)c2ccccn2)CC1. The second-order valence-electron chi connectivity index (χ2n) is 4.30. The molecule has 1 aliphatic rings. The highest BCUT2D eigenvalue weighted by molar-refractivity contribution is 5.92. The van der Waals surface area contributed by atoms with E-state index in [9.17, 15) is 4.79 Å². The first kappa shape index (κ1) is 11.1. The van der Waals surface area contributed by atoms with Gasteiger partial charge in [-0.3, -0.25) is 9.78 Å². The second-order valence-corrected chi connectivity index (χ2v) is 4.30. The van der Waals surface area contributed by atoms with E-state index in [4.69, 9.17) is 5.73 Å². The lowest BCUT2D eigenvalue weighted by molar-refractivity contribution is 0.0921. The summed E-state index contributed by atoms with van der Waals surface area (Å²) in [5.41, 5.74) is 6.30. The molecule has 0 aliphatic heterocycles. The molecule has 3 N–H and O–H groups in total. The van der Waals surface area contributed by atoms with E-state index in [1.54, 1.807) is 18.3 Å². The van der Waals surface area contributed by atoms with Crippen LogP contribution >= 0.6 is 0 Å². The number of amides is 1. The zero-order chi connectivity index (χ0) is 11.4. The van der Waals surface area contributed by atoms with E-state index in [1.165, 1.54) is 0 Å². The van der Waals surface area contributed by atoms with Crippen molar-refractivity contribution in [1.29, 1.82) is 0 Å². The fourth-order valence-electron chi connectivity index (χ4n) is 2.02. The molecule has 0 spiro atoms. The number of aromatic nitrogens is 1. The van der Waals surface area contributed by atoms with Gasteiger partial charge in [-0.05, 0) is 37.8 Å². The molecule has 86 valence electrons. The number of nitrogens with two attached hydrogens (primary N) is 1. The third-order valence-corrected chi connectivity index (χ3v) is 3.00. The largest absolute Gasteiger partial charge is 0.348 e. The minimum atomic E-state index is -0.0823. The Morgan fingerprint density at radius 2 is 2.06 bits per heavy atom. The molecule has 1 aromatic heterocycles. The maximum Gasteiger partial charge on any atom is 0.270 e. The van der Waals surface area contributed by atoms with Crippen molar-refractivity contribution in [3.05, 3.63) is 30.1 Å². The minimum absolute atomic E-state index is 0.0823. The molecule has 0 saturated heterocycles. The molecule has 2 rings (SSSR count). The van der Waals surface area contributed by atoms with Crippen LogP contribution in [0.15, 0.2) is 24.4 Å². The third kappa shape index (κ3) is 2.79. The summed E-state index contributed by atoms with van der Waals surface area (Å²) < 4.78 is 0. The molecule has 0 atom stereocenters. The number of carbonyl (C=O) groups is 1. The Hall–Kier alpha value is -1.42. The molecule has 0 radical (unpaired) electrons. The van der Waals surface area contributed by atoms with Gasteiger partial charge in [-0.2, -0.15) is 0 Å². The lowest BCUT2D eigenvalue weighted by Crippen LogP contribution is -2.40. The van der Waals surface area contributed by atoms with Crippen molar-refractivity contribution in [2.75, 3.05) is 0 Å². The van der Waals surface area contributed by atoms with Crippen LogP contribution in [0.3, 0.4) is 0 Å². The van der Waals surface area contributed by atoms with Crippen molar-refractivity contribution >= 4 is 5.91 Å². The lowest BCUT2D eigenvalue weighted by atomic mass is 9.92. The second kappa shape index (κ2) is 5.07. The van der Waals surface area contributed by atoms with Crippen LogP contribution in [-0.2, 0) is 0 Å². The summed E-state index contributed by atoms with van der Waals surface area (Å²) >= 11 is 0. The molecule has 0 aromatic carbocycles. The molecule has 1 aliphatic carbocycles. The third-order valence-electron chi connectivity index (χ3n) is 3.00. The van der Waals surface area contributed by atoms with E-state index in [0.29, 0.717) is 11.7 Å². The van der Waals surface area contributed by atoms with Crippen LogP contribution in [0.4, 0.5) is 0 Å². The standard InChI is InChI=1S/C12H17N3O/c13-9-4-6-10(7-5-9)15-12(16)11-3-1-2-8-14-11/h1-3,8-10H,4-7,13H2,(H,15,16)/t9-,10-. The van der Waals surface area contributed by atoms with Crippen LogP contribution in [0.1, 0.15) is 36.2 Å². The first-order valence-corrected chi connectivity index (χ1v) is 5.73. The molecule has 0 bridgehead atoms. The normalized spacial score (nSPS) is 25.1. The van der Waals surface area contributed by atoms with Gasteiger partial charge in [-0.15, -0.1) is 0 Å². The Kier molecular flexibility index (Phi) is 3.51. The van der Waals surface area contributed by atoms with Gasteiger partial charge in [0.25, 0.3) is 5.91 Å². The highest BCUT2D eigenvalue weighted by Gasteiger charge is 2.20.